The van der Waals surface area contributed by atoms with Crippen molar-refractivity contribution in [2.75, 3.05) is 0 Å². The maximum absolute atomic E-state index is 9.65. The maximum Gasteiger partial charge on any atom is 0.0991 e. The van der Waals surface area contributed by atoms with Crippen LogP contribution in [0, 0.1) is 11.3 Å². The summed E-state index contributed by atoms with van der Waals surface area (Å²) in [5.74, 6) is 0. The fourth-order valence-corrected chi connectivity index (χ4v) is 1.57. The van der Waals surface area contributed by atoms with Crippen LogP contribution in [0.5, 0.6) is 0 Å². The minimum absolute atomic E-state index is 0.386. The van der Waals surface area contributed by atoms with Gasteiger partial charge in [0.25, 0.3) is 0 Å². The van der Waals surface area contributed by atoms with Crippen molar-refractivity contribution in [3.63, 3.8) is 0 Å². The molecule has 1 aliphatic carbocycles. The van der Waals surface area contributed by atoms with Crippen LogP contribution in [0.3, 0.4) is 0 Å². The van der Waals surface area contributed by atoms with Crippen LogP contribution in [0.2, 0.25) is 0 Å². The Morgan fingerprint density at radius 2 is 2.21 bits per heavy atom. The van der Waals surface area contributed by atoms with Gasteiger partial charge in [0.05, 0.1) is 17.2 Å². The molecule has 1 aliphatic rings. The first-order valence-corrected chi connectivity index (χ1v) is 4.93. The van der Waals surface area contributed by atoms with Gasteiger partial charge in [-0.05, 0) is 43.4 Å². The zero-order chi connectivity index (χ0) is 10.0. The van der Waals surface area contributed by atoms with Crippen LogP contribution >= 0.6 is 0 Å². The van der Waals surface area contributed by atoms with Crippen LogP contribution in [0.15, 0.2) is 24.3 Å². The molecule has 2 rings (SSSR count). The molecule has 0 atom stereocenters. The molecular weight excluding hydrogens is 174 g/mol. The SMILES string of the molecule is N#Cc1cccc(CCC2(O)CC2)c1. The van der Waals surface area contributed by atoms with E-state index in [1.54, 1.807) is 6.07 Å². The fourth-order valence-electron chi connectivity index (χ4n) is 1.57. The van der Waals surface area contributed by atoms with Gasteiger partial charge in [0.15, 0.2) is 0 Å². The Labute approximate surface area is 83.8 Å². The Morgan fingerprint density at radius 3 is 2.86 bits per heavy atom. The first-order chi connectivity index (χ1) is 6.72. The number of hydrogen-bond acceptors (Lipinski definition) is 2. The molecule has 1 aromatic rings. The molecule has 0 aromatic heterocycles. The van der Waals surface area contributed by atoms with E-state index in [9.17, 15) is 5.11 Å². The standard InChI is InChI=1S/C12H13NO/c13-9-11-3-1-2-10(8-11)4-5-12(14)6-7-12/h1-3,8,14H,4-7H2. The summed E-state index contributed by atoms with van der Waals surface area (Å²) in [5, 5.41) is 18.4. The first kappa shape index (κ1) is 9.23. The molecule has 1 saturated carbocycles. The van der Waals surface area contributed by atoms with Gasteiger partial charge in [-0.15, -0.1) is 0 Å². The highest BCUT2D eigenvalue weighted by molar-refractivity contribution is 5.32. The molecule has 2 heteroatoms. The van der Waals surface area contributed by atoms with Gasteiger partial charge in [-0.2, -0.15) is 5.26 Å². The molecule has 0 unspecified atom stereocenters. The normalized spacial score (nSPS) is 17.4. The number of benzene rings is 1. The zero-order valence-electron chi connectivity index (χ0n) is 8.03. The van der Waals surface area contributed by atoms with Gasteiger partial charge < -0.3 is 5.11 Å². The number of rotatable bonds is 3. The second-order valence-electron chi connectivity index (χ2n) is 4.04. The third kappa shape index (κ3) is 2.12. The van der Waals surface area contributed by atoms with Crippen molar-refractivity contribution in [3.05, 3.63) is 35.4 Å². The molecule has 0 spiro atoms. The predicted octanol–water partition coefficient (Wildman–Crippen LogP) is 2.02. The van der Waals surface area contributed by atoms with Gasteiger partial charge in [-0.25, -0.2) is 0 Å². The average Bonchev–Trinajstić information content (AvgIpc) is 2.95. The molecule has 0 heterocycles. The highest BCUT2D eigenvalue weighted by atomic mass is 16.3. The Hall–Kier alpha value is -1.33. The monoisotopic (exact) mass is 187 g/mol. The van der Waals surface area contributed by atoms with Gasteiger partial charge in [-0.3, -0.25) is 0 Å². The van der Waals surface area contributed by atoms with Gasteiger partial charge in [0.1, 0.15) is 0 Å². The van der Waals surface area contributed by atoms with Crippen LogP contribution in [-0.4, -0.2) is 10.7 Å². The summed E-state index contributed by atoms with van der Waals surface area (Å²) in [6.45, 7) is 0. The van der Waals surface area contributed by atoms with Crippen molar-refractivity contribution in [2.24, 2.45) is 0 Å². The number of hydrogen-bond donors (Lipinski definition) is 1. The van der Waals surface area contributed by atoms with E-state index in [0.717, 1.165) is 31.2 Å². The van der Waals surface area contributed by atoms with Crippen LogP contribution < -0.4 is 0 Å². The Kier molecular flexibility index (Phi) is 2.26. The van der Waals surface area contributed by atoms with Gasteiger partial charge in [0, 0.05) is 0 Å². The molecule has 14 heavy (non-hydrogen) atoms. The van der Waals surface area contributed by atoms with E-state index in [4.69, 9.17) is 5.26 Å². The minimum Gasteiger partial charge on any atom is -0.390 e. The summed E-state index contributed by atoms with van der Waals surface area (Å²) < 4.78 is 0. The Bertz CT molecular complexity index is 374. The fraction of sp³-hybridized carbons (Fsp3) is 0.417. The van der Waals surface area contributed by atoms with Crippen molar-refractivity contribution in [3.8, 4) is 6.07 Å². The minimum atomic E-state index is -0.386. The summed E-state index contributed by atoms with van der Waals surface area (Å²) in [7, 11) is 0. The van der Waals surface area contributed by atoms with E-state index < -0.39 is 0 Å². The van der Waals surface area contributed by atoms with Crippen molar-refractivity contribution in [2.45, 2.75) is 31.3 Å². The Morgan fingerprint density at radius 1 is 1.43 bits per heavy atom. The smallest absolute Gasteiger partial charge is 0.0991 e. The molecule has 0 aliphatic heterocycles. The molecule has 1 N–H and O–H groups in total. The van der Waals surface area contributed by atoms with E-state index in [0.29, 0.717) is 5.56 Å². The molecule has 0 amide bonds. The number of aryl methyl sites for hydroxylation is 1. The Balaban J connectivity index is 1.99. The summed E-state index contributed by atoms with van der Waals surface area (Å²) in [4.78, 5) is 0. The lowest BCUT2D eigenvalue weighted by Gasteiger charge is -2.06. The summed E-state index contributed by atoms with van der Waals surface area (Å²) >= 11 is 0. The van der Waals surface area contributed by atoms with Crippen molar-refractivity contribution < 1.29 is 5.11 Å². The second-order valence-corrected chi connectivity index (χ2v) is 4.04. The third-order valence-electron chi connectivity index (χ3n) is 2.76. The zero-order valence-corrected chi connectivity index (χ0v) is 8.03. The predicted molar refractivity (Wildman–Crippen MR) is 53.7 cm³/mol. The van der Waals surface area contributed by atoms with Gasteiger partial charge in [-0.1, -0.05) is 12.1 Å². The molecule has 72 valence electrons. The van der Waals surface area contributed by atoms with E-state index >= 15 is 0 Å². The number of nitrogens with zero attached hydrogens (tertiary/aromatic N) is 1. The largest absolute Gasteiger partial charge is 0.390 e. The van der Waals surface area contributed by atoms with E-state index in [1.165, 1.54) is 0 Å². The van der Waals surface area contributed by atoms with Crippen molar-refractivity contribution in [1.82, 2.24) is 0 Å². The lowest BCUT2D eigenvalue weighted by molar-refractivity contribution is 0.140. The van der Waals surface area contributed by atoms with E-state index in [2.05, 4.69) is 6.07 Å². The van der Waals surface area contributed by atoms with Gasteiger partial charge >= 0.3 is 0 Å². The maximum atomic E-state index is 9.65. The molecule has 2 nitrogen and oxygen atoms in total. The lowest BCUT2D eigenvalue weighted by Crippen LogP contribution is -2.07. The highest BCUT2D eigenvalue weighted by Gasteiger charge is 2.39. The summed E-state index contributed by atoms with van der Waals surface area (Å²) in [6, 6.07) is 9.71. The summed E-state index contributed by atoms with van der Waals surface area (Å²) in [6.07, 6.45) is 3.56. The molecule has 0 saturated heterocycles. The van der Waals surface area contributed by atoms with Gasteiger partial charge in [0.2, 0.25) is 0 Å². The van der Waals surface area contributed by atoms with Crippen LogP contribution in [0.25, 0.3) is 0 Å². The van der Waals surface area contributed by atoms with Crippen LogP contribution in [-0.2, 0) is 6.42 Å². The van der Waals surface area contributed by atoms with E-state index in [1.807, 2.05) is 18.2 Å². The van der Waals surface area contributed by atoms with Crippen molar-refractivity contribution >= 4 is 0 Å². The van der Waals surface area contributed by atoms with E-state index in [-0.39, 0.29) is 5.60 Å². The highest BCUT2D eigenvalue weighted by Crippen LogP contribution is 2.39. The lowest BCUT2D eigenvalue weighted by atomic mass is 10.0. The quantitative estimate of drug-likeness (QED) is 0.786. The molecule has 0 bridgehead atoms. The first-order valence-electron chi connectivity index (χ1n) is 4.93. The summed E-state index contributed by atoms with van der Waals surface area (Å²) in [5.41, 5.74) is 1.46. The molecule has 1 aromatic carbocycles. The third-order valence-corrected chi connectivity index (χ3v) is 2.76. The van der Waals surface area contributed by atoms with Crippen LogP contribution in [0.4, 0.5) is 0 Å². The molecule has 0 radical (unpaired) electrons. The average molecular weight is 187 g/mol. The molecule has 1 fully saturated rings. The number of nitriles is 1. The number of aliphatic hydroxyl groups is 1. The second kappa shape index (κ2) is 3.43. The van der Waals surface area contributed by atoms with Crippen LogP contribution in [0.1, 0.15) is 30.4 Å². The molecular formula is C12H13NO. The van der Waals surface area contributed by atoms with Crippen molar-refractivity contribution in [1.29, 1.82) is 5.26 Å². The topological polar surface area (TPSA) is 44.0 Å².